The standard InChI is InChI=1S/C23H18N4O2/c28-22(16-8-2-1-3-9-16)26-21-13-7-5-11-19(21)23(29)27-24-15-18-14-17-10-4-6-12-20(17)25-18/h1-15,25H,(H,26,28)(H,27,29)/b24-15-. The Bertz CT molecular complexity index is 1160. The fraction of sp³-hybridized carbons (Fsp3) is 0. The Kier molecular flexibility index (Phi) is 5.16. The summed E-state index contributed by atoms with van der Waals surface area (Å²) in [5.41, 5.74) is 5.53. The van der Waals surface area contributed by atoms with E-state index in [9.17, 15) is 9.59 Å². The molecule has 0 aliphatic heterocycles. The van der Waals surface area contributed by atoms with Gasteiger partial charge in [-0.2, -0.15) is 5.10 Å². The minimum atomic E-state index is -0.415. The lowest BCUT2D eigenvalue weighted by Gasteiger charge is -2.10. The molecule has 0 fully saturated rings. The summed E-state index contributed by atoms with van der Waals surface area (Å²) in [4.78, 5) is 28.2. The maximum absolute atomic E-state index is 12.6. The van der Waals surface area contributed by atoms with Crippen LogP contribution in [0.4, 0.5) is 5.69 Å². The highest BCUT2D eigenvalue weighted by Gasteiger charge is 2.13. The zero-order valence-electron chi connectivity index (χ0n) is 15.4. The average Bonchev–Trinajstić information content (AvgIpc) is 3.17. The molecule has 0 aliphatic rings. The molecule has 3 N–H and O–H groups in total. The second-order valence-corrected chi connectivity index (χ2v) is 6.38. The number of H-pyrrole nitrogens is 1. The molecule has 0 radical (unpaired) electrons. The van der Waals surface area contributed by atoms with Crippen LogP contribution in [0.25, 0.3) is 10.9 Å². The number of aromatic amines is 1. The normalized spacial score (nSPS) is 10.9. The number of benzene rings is 3. The number of hydrazone groups is 1. The van der Waals surface area contributed by atoms with E-state index in [0.29, 0.717) is 16.8 Å². The first kappa shape index (κ1) is 18.2. The Morgan fingerprint density at radius 3 is 2.38 bits per heavy atom. The van der Waals surface area contributed by atoms with E-state index in [0.717, 1.165) is 16.6 Å². The maximum atomic E-state index is 12.6. The molecule has 1 heterocycles. The zero-order chi connectivity index (χ0) is 20.1. The second-order valence-electron chi connectivity index (χ2n) is 6.38. The molecule has 29 heavy (non-hydrogen) atoms. The number of anilines is 1. The lowest BCUT2D eigenvalue weighted by molar-refractivity contribution is 0.0956. The van der Waals surface area contributed by atoms with Crippen LogP contribution in [0.15, 0.2) is 90.0 Å². The number of para-hydroxylation sites is 2. The van der Waals surface area contributed by atoms with Gasteiger partial charge in [-0.15, -0.1) is 0 Å². The van der Waals surface area contributed by atoms with Crippen LogP contribution < -0.4 is 10.7 Å². The lowest BCUT2D eigenvalue weighted by Crippen LogP contribution is -2.21. The first-order valence-corrected chi connectivity index (χ1v) is 9.07. The number of hydrogen-bond donors (Lipinski definition) is 3. The first-order chi connectivity index (χ1) is 14.2. The van der Waals surface area contributed by atoms with Crippen molar-refractivity contribution in [3.05, 3.63) is 102 Å². The Morgan fingerprint density at radius 1 is 0.828 bits per heavy atom. The largest absolute Gasteiger partial charge is 0.354 e. The molecule has 3 aromatic carbocycles. The van der Waals surface area contributed by atoms with Crippen LogP contribution in [0.2, 0.25) is 0 Å². The van der Waals surface area contributed by atoms with E-state index in [1.807, 2.05) is 36.4 Å². The Hall–Kier alpha value is -4.19. The maximum Gasteiger partial charge on any atom is 0.273 e. The van der Waals surface area contributed by atoms with Crippen LogP contribution in [0, 0.1) is 0 Å². The Balaban J connectivity index is 1.46. The van der Waals surface area contributed by atoms with Crippen molar-refractivity contribution in [2.24, 2.45) is 5.10 Å². The number of nitrogens with zero attached hydrogens (tertiary/aromatic N) is 1. The van der Waals surface area contributed by atoms with Gasteiger partial charge in [-0.3, -0.25) is 9.59 Å². The minimum absolute atomic E-state index is 0.285. The molecule has 6 heteroatoms. The van der Waals surface area contributed by atoms with Crippen LogP contribution in [0.3, 0.4) is 0 Å². The SMILES string of the molecule is O=C(Nc1ccccc1C(=O)N/N=C\c1cc2ccccc2[nH]1)c1ccccc1. The summed E-state index contributed by atoms with van der Waals surface area (Å²) >= 11 is 0. The summed E-state index contributed by atoms with van der Waals surface area (Å²) in [6.07, 6.45) is 1.54. The number of aromatic nitrogens is 1. The molecule has 0 saturated heterocycles. The van der Waals surface area contributed by atoms with E-state index >= 15 is 0 Å². The van der Waals surface area contributed by atoms with Crippen molar-refractivity contribution in [3.8, 4) is 0 Å². The summed E-state index contributed by atoms with van der Waals surface area (Å²) < 4.78 is 0. The van der Waals surface area contributed by atoms with E-state index in [4.69, 9.17) is 0 Å². The minimum Gasteiger partial charge on any atom is -0.354 e. The highest BCUT2D eigenvalue weighted by atomic mass is 16.2. The van der Waals surface area contributed by atoms with Crippen molar-refractivity contribution < 1.29 is 9.59 Å². The van der Waals surface area contributed by atoms with Gasteiger partial charge in [0.05, 0.1) is 23.2 Å². The van der Waals surface area contributed by atoms with Gasteiger partial charge in [0.1, 0.15) is 0 Å². The van der Waals surface area contributed by atoms with Gasteiger partial charge in [0.2, 0.25) is 0 Å². The average molecular weight is 382 g/mol. The van der Waals surface area contributed by atoms with Crippen molar-refractivity contribution >= 4 is 34.6 Å². The molecule has 0 spiro atoms. The number of fused-ring (bicyclic) bond motifs is 1. The predicted molar refractivity (Wildman–Crippen MR) is 114 cm³/mol. The topological polar surface area (TPSA) is 86.3 Å². The summed E-state index contributed by atoms with van der Waals surface area (Å²) in [6.45, 7) is 0. The van der Waals surface area contributed by atoms with Crippen molar-refractivity contribution in [1.82, 2.24) is 10.4 Å². The predicted octanol–water partition coefficient (Wildman–Crippen LogP) is 4.18. The molecule has 0 aliphatic carbocycles. The van der Waals surface area contributed by atoms with Crippen LogP contribution in [-0.4, -0.2) is 23.0 Å². The van der Waals surface area contributed by atoms with Gasteiger partial charge in [0.25, 0.3) is 11.8 Å². The molecule has 0 bridgehead atoms. The number of carbonyl (C=O) groups is 2. The number of nitrogens with one attached hydrogen (secondary N) is 3. The molecule has 4 aromatic rings. The smallest absolute Gasteiger partial charge is 0.273 e. The number of hydrogen-bond acceptors (Lipinski definition) is 3. The van der Waals surface area contributed by atoms with Crippen LogP contribution in [0.1, 0.15) is 26.4 Å². The summed E-state index contributed by atoms with van der Waals surface area (Å²) in [7, 11) is 0. The lowest BCUT2D eigenvalue weighted by atomic mass is 10.1. The van der Waals surface area contributed by atoms with Gasteiger partial charge in [-0.1, -0.05) is 48.5 Å². The summed E-state index contributed by atoms with van der Waals surface area (Å²) in [5.74, 6) is -0.700. The van der Waals surface area contributed by atoms with Gasteiger partial charge in [0, 0.05) is 16.5 Å². The molecule has 0 unspecified atom stereocenters. The highest BCUT2D eigenvalue weighted by molar-refractivity contribution is 6.09. The molecule has 6 nitrogen and oxygen atoms in total. The first-order valence-electron chi connectivity index (χ1n) is 9.07. The van der Waals surface area contributed by atoms with Crippen LogP contribution in [-0.2, 0) is 0 Å². The molecule has 1 aromatic heterocycles. The van der Waals surface area contributed by atoms with Crippen LogP contribution >= 0.6 is 0 Å². The highest BCUT2D eigenvalue weighted by Crippen LogP contribution is 2.17. The quantitative estimate of drug-likeness (QED) is 0.357. The monoisotopic (exact) mass is 382 g/mol. The zero-order valence-corrected chi connectivity index (χ0v) is 15.4. The molecular weight excluding hydrogens is 364 g/mol. The molecule has 0 atom stereocenters. The fourth-order valence-corrected chi connectivity index (χ4v) is 2.96. The van der Waals surface area contributed by atoms with E-state index in [-0.39, 0.29) is 5.91 Å². The second kappa shape index (κ2) is 8.22. The Labute approximate surface area is 167 Å². The molecule has 142 valence electrons. The van der Waals surface area contributed by atoms with Crippen LogP contribution in [0.5, 0.6) is 0 Å². The van der Waals surface area contributed by atoms with E-state index < -0.39 is 5.91 Å². The van der Waals surface area contributed by atoms with Gasteiger partial charge < -0.3 is 10.3 Å². The van der Waals surface area contributed by atoms with Gasteiger partial charge in [-0.05, 0) is 36.4 Å². The molecule has 0 saturated carbocycles. The van der Waals surface area contributed by atoms with Crippen molar-refractivity contribution in [2.45, 2.75) is 0 Å². The number of rotatable bonds is 5. The molecule has 4 rings (SSSR count). The third-order valence-corrected chi connectivity index (χ3v) is 4.38. The van der Waals surface area contributed by atoms with E-state index in [1.165, 1.54) is 0 Å². The Morgan fingerprint density at radius 2 is 1.55 bits per heavy atom. The molecule has 2 amide bonds. The third kappa shape index (κ3) is 4.22. The summed E-state index contributed by atoms with van der Waals surface area (Å²) in [5, 5.41) is 7.86. The number of carbonyl (C=O) groups excluding carboxylic acids is 2. The van der Waals surface area contributed by atoms with E-state index in [2.05, 4.69) is 20.8 Å². The van der Waals surface area contributed by atoms with Gasteiger partial charge in [0.15, 0.2) is 0 Å². The summed E-state index contributed by atoms with van der Waals surface area (Å²) in [6, 6.07) is 25.4. The van der Waals surface area contributed by atoms with Crippen molar-refractivity contribution in [3.63, 3.8) is 0 Å². The number of amides is 2. The van der Waals surface area contributed by atoms with Crippen molar-refractivity contribution in [2.75, 3.05) is 5.32 Å². The van der Waals surface area contributed by atoms with Gasteiger partial charge in [-0.25, -0.2) is 5.43 Å². The fourth-order valence-electron chi connectivity index (χ4n) is 2.96. The molecular formula is C23H18N4O2. The van der Waals surface area contributed by atoms with E-state index in [1.54, 1.807) is 54.7 Å². The van der Waals surface area contributed by atoms with Gasteiger partial charge >= 0.3 is 0 Å². The van der Waals surface area contributed by atoms with Crippen molar-refractivity contribution in [1.29, 1.82) is 0 Å². The third-order valence-electron chi connectivity index (χ3n) is 4.38.